The van der Waals surface area contributed by atoms with Crippen LogP contribution in [0.2, 0.25) is 0 Å². The molecule has 2 saturated heterocycles. The third-order valence-electron chi connectivity index (χ3n) is 3.22. The van der Waals surface area contributed by atoms with Crippen molar-refractivity contribution in [3.8, 4) is 0 Å². The Morgan fingerprint density at radius 3 is 2.74 bits per heavy atom. The minimum atomic E-state index is -0.942. The van der Waals surface area contributed by atoms with Gasteiger partial charge in [0.2, 0.25) is 0 Å². The van der Waals surface area contributed by atoms with Crippen molar-refractivity contribution in [1.82, 2.24) is 4.90 Å². The van der Waals surface area contributed by atoms with Gasteiger partial charge in [0.15, 0.2) is 0 Å². The molecule has 2 heterocycles. The topological polar surface area (TPSA) is 49.9 Å². The number of carbonyl (C=O) groups is 2. The van der Waals surface area contributed by atoms with E-state index in [9.17, 15) is 18.4 Å². The van der Waals surface area contributed by atoms with E-state index in [2.05, 4.69) is 0 Å². The molecular weight excluding hydrogens is 258 g/mol. The molecule has 0 N–H and O–H groups in total. The molecule has 2 aliphatic rings. The Bertz CT molecular complexity index is 540. The summed E-state index contributed by atoms with van der Waals surface area (Å²) in [6, 6.07) is 1.42. The number of hydrogen-bond acceptors (Lipinski definition) is 3. The van der Waals surface area contributed by atoms with E-state index in [0.717, 1.165) is 17.0 Å². The van der Waals surface area contributed by atoms with Gasteiger partial charge >= 0.3 is 6.03 Å². The van der Waals surface area contributed by atoms with E-state index in [-0.39, 0.29) is 18.8 Å². The maximum absolute atomic E-state index is 13.7. The first-order valence-corrected chi connectivity index (χ1v) is 5.77. The Morgan fingerprint density at radius 2 is 2.05 bits per heavy atom. The van der Waals surface area contributed by atoms with Crippen LogP contribution in [0.25, 0.3) is 0 Å². The Hall–Kier alpha value is -2.02. The quantitative estimate of drug-likeness (QED) is 0.717. The van der Waals surface area contributed by atoms with Gasteiger partial charge in [-0.15, -0.1) is 0 Å². The fraction of sp³-hybridized carbons (Fsp3) is 0.333. The SMILES string of the molecule is O=C1C2COCCN2C(=O)N1c1ccc(F)cc1F. The number of rotatable bonds is 1. The maximum atomic E-state index is 13.7. The predicted molar refractivity (Wildman–Crippen MR) is 60.6 cm³/mol. The highest BCUT2D eigenvalue weighted by molar-refractivity contribution is 6.21. The lowest BCUT2D eigenvalue weighted by Gasteiger charge is -2.26. The number of benzene rings is 1. The van der Waals surface area contributed by atoms with Gasteiger partial charge in [0, 0.05) is 12.6 Å². The number of morpholine rings is 1. The molecule has 1 atom stereocenters. The first kappa shape index (κ1) is 12.0. The zero-order valence-electron chi connectivity index (χ0n) is 9.81. The van der Waals surface area contributed by atoms with Gasteiger partial charge in [-0.1, -0.05) is 0 Å². The number of halogens is 2. The van der Waals surface area contributed by atoms with Gasteiger partial charge in [-0.25, -0.2) is 18.5 Å². The number of nitrogens with zero attached hydrogens (tertiary/aromatic N) is 2. The smallest absolute Gasteiger partial charge is 0.332 e. The van der Waals surface area contributed by atoms with E-state index < -0.39 is 29.6 Å². The third-order valence-corrected chi connectivity index (χ3v) is 3.22. The van der Waals surface area contributed by atoms with Crippen LogP contribution in [0.15, 0.2) is 18.2 Å². The summed E-state index contributed by atoms with van der Waals surface area (Å²) in [6.07, 6.45) is 0. The lowest BCUT2D eigenvalue weighted by Crippen LogP contribution is -2.45. The molecule has 3 rings (SSSR count). The first-order valence-electron chi connectivity index (χ1n) is 5.77. The number of ether oxygens (including phenoxy) is 1. The molecule has 3 amide bonds. The lowest BCUT2D eigenvalue weighted by molar-refractivity contribution is -0.123. The van der Waals surface area contributed by atoms with E-state index in [1.54, 1.807) is 0 Å². The number of amides is 3. The fourth-order valence-electron chi connectivity index (χ4n) is 2.29. The van der Waals surface area contributed by atoms with Crippen LogP contribution >= 0.6 is 0 Å². The summed E-state index contributed by atoms with van der Waals surface area (Å²) in [5.74, 6) is -2.25. The van der Waals surface area contributed by atoms with Crippen molar-refractivity contribution in [2.24, 2.45) is 0 Å². The normalized spacial score (nSPS) is 22.9. The summed E-state index contributed by atoms with van der Waals surface area (Å²) in [5, 5.41) is 0. The molecule has 7 heteroatoms. The molecule has 2 fully saturated rings. The average Bonchev–Trinajstić information content (AvgIpc) is 2.64. The van der Waals surface area contributed by atoms with Gasteiger partial charge in [-0.05, 0) is 12.1 Å². The van der Waals surface area contributed by atoms with Crippen LogP contribution in [0.4, 0.5) is 19.3 Å². The monoisotopic (exact) mass is 268 g/mol. The molecule has 0 spiro atoms. The van der Waals surface area contributed by atoms with Gasteiger partial charge < -0.3 is 9.64 Å². The van der Waals surface area contributed by atoms with Gasteiger partial charge in [0.25, 0.3) is 5.91 Å². The number of anilines is 1. The van der Waals surface area contributed by atoms with Crippen molar-refractivity contribution >= 4 is 17.6 Å². The van der Waals surface area contributed by atoms with Gasteiger partial charge in [-0.2, -0.15) is 0 Å². The number of fused-ring (bicyclic) bond motifs is 1. The maximum Gasteiger partial charge on any atom is 0.332 e. The molecule has 1 aromatic rings. The molecule has 0 radical (unpaired) electrons. The highest BCUT2D eigenvalue weighted by Crippen LogP contribution is 2.29. The highest BCUT2D eigenvalue weighted by atomic mass is 19.1. The second kappa shape index (κ2) is 4.27. The molecular formula is C12H10F2N2O3. The third kappa shape index (κ3) is 1.77. The summed E-state index contributed by atoms with van der Waals surface area (Å²) in [4.78, 5) is 26.3. The first-order chi connectivity index (χ1) is 9.09. The van der Waals surface area contributed by atoms with Gasteiger partial charge in [0.1, 0.15) is 17.7 Å². The summed E-state index contributed by atoms with van der Waals surface area (Å²) in [6.45, 7) is 0.730. The minimum absolute atomic E-state index is 0.101. The van der Waals surface area contributed by atoms with Crippen LogP contribution in [-0.2, 0) is 9.53 Å². The Morgan fingerprint density at radius 1 is 1.26 bits per heavy atom. The lowest BCUT2D eigenvalue weighted by atomic mass is 10.2. The van der Waals surface area contributed by atoms with Crippen LogP contribution in [0.3, 0.4) is 0 Å². The van der Waals surface area contributed by atoms with Crippen LogP contribution in [0.5, 0.6) is 0 Å². The van der Waals surface area contributed by atoms with E-state index in [0.29, 0.717) is 12.7 Å². The van der Waals surface area contributed by atoms with Crippen molar-refractivity contribution in [2.75, 3.05) is 24.7 Å². The van der Waals surface area contributed by atoms with Crippen LogP contribution < -0.4 is 4.90 Å². The number of hydrogen-bond donors (Lipinski definition) is 0. The molecule has 0 saturated carbocycles. The van der Waals surface area contributed by atoms with Crippen molar-refractivity contribution < 1.29 is 23.1 Å². The second-order valence-corrected chi connectivity index (χ2v) is 4.34. The Kier molecular flexibility index (Phi) is 2.70. The van der Waals surface area contributed by atoms with E-state index in [1.165, 1.54) is 4.90 Å². The molecule has 2 aliphatic heterocycles. The van der Waals surface area contributed by atoms with Crippen LogP contribution in [-0.4, -0.2) is 42.6 Å². The van der Waals surface area contributed by atoms with E-state index in [1.807, 2.05) is 0 Å². The molecule has 1 unspecified atom stereocenters. The van der Waals surface area contributed by atoms with Crippen LogP contribution in [0, 0.1) is 11.6 Å². The molecule has 0 bridgehead atoms. The minimum Gasteiger partial charge on any atom is -0.377 e. The zero-order chi connectivity index (χ0) is 13.6. The van der Waals surface area contributed by atoms with Crippen molar-refractivity contribution in [2.45, 2.75) is 6.04 Å². The van der Waals surface area contributed by atoms with Gasteiger partial charge in [0.05, 0.1) is 18.9 Å². The second-order valence-electron chi connectivity index (χ2n) is 4.34. The zero-order valence-corrected chi connectivity index (χ0v) is 9.81. The van der Waals surface area contributed by atoms with E-state index >= 15 is 0 Å². The van der Waals surface area contributed by atoms with Crippen molar-refractivity contribution in [3.63, 3.8) is 0 Å². The number of imide groups is 1. The molecule has 0 aromatic heterocycles. The average molecular weight is 268 g/mol. The number of carbonyl (C=O) groups excluding carboxylic acids is 2. The summed E-state index contributed by atoms with van der Waals surface area (Å²) >= 11 is 0. The molecule has 19 heavy (non-hydrogen) atoms. The van der Waals surface area contributed by atoms with E-state index in [4.69, 9.17) is 4.74 Å². The summed E-state index contributed by atoms with van der Waals surface area (Å²) < 4.78 is 31.7. The van der Waals surface area contributed by atoms with Crippen molar-refractivity contribution in [3.05, 3.63) is 29.8 Å². The summed E-state index contributed by atoms with van der Waals surface area (Å²) in [5.41, 5.74) is -0.231. The molecule has 0 aliphatic carbocycles. The molecule has 1 aromatic carbocycles. The Balaban J connectivity index is 2.00. The largest absolute Gasteiger partial charge is 0.377 e. The molecule has 5 nitrogen and oxygen atoms in total. The Labute approximate surface area is 107 Å². The standard InChI is InChI=1S/C12H10F2N2O3/c13-7-1-2-9(8(14)5-7)16-11(17)10-6-19-4-3-15(10)12(16)18/h1-2,5,10H,3-4,6H2. The van der Waals surface area contributed by atoms with Gasteiger partial charge in [-0.3, -0.25) is 4.79 Å². The molecule has 100 valence electrons. The highest BCUT2D eigenvalue weighted by Gasteiger charge is 2.47. The summed E-state index contributed by atoms with van der Waals surface area (Å²) in [7, 11) is 0. The van der Waals surface area contributed by atoms with Crippen molar-refractivity contribution in [1.29, 1.82) is 0 Å². The number of urea groups is 1. The van der Waals surface area contributed by atoms with Crippen LogP contribution in [0.1, 0.15) is 0 Å². The predicted octanol–water partition coefficient (Wildman–Crippen LogP) is 1.13. The fourth-order valence-corrected chi connectivity index (χ4v) is 2.29.